The minimum atomic E-state index is -0.485. The van der Waals surface area contributed by atoms with Gasteiger partial charge < -0.3 is 15.5 Å². The van der Waals surface area contributed by atoms with E-state index in [1.54, 1.807) is 0 Å². The van der Waals surface area contributed by atoms with Gasteiger partial charge in [0.25, 0.3) is 0 Å². The Labute approximate surface area is 161 Å². The van der Waals surface area contributed by atoms with E-state index in [1.807, 2.05) is 18.3 Å². The molecule has 1 heterocycles. The first-order chi connectivity index (χ1) is 13.0. The van der Waals surface area contributed by atoms with E-state index in [9.17, 15) is 10.2 Å². The molecular weight excluding hydrogens is 338 g/mol. The van der Waals surface area contributed by atoms with Gasteiger partial charge in [-0.1, -0.05) is 38.1 Å². The van der Waals surface area contributed by atoms with E-state index >= 15 is 0 Å². The Balaban J connectivity index is 1.74. The Morgan fingerprint density at radius 3 is 2.67 bits per heavy atom. The van der Waals surface area contributed by atoms with Crippen LogP contribution in [0.15, 0.2) is 36.5 Å². The molecule has 1 aromatic carbocycles. The quantitative estimate of drug-likeness (QED) is 0.699. The number of aliphatic hydroxyl groups excluding tert-OH is 2. The molecule has 3 N–H and O–H groups in total. The lowest BCUT2D eigenvalue weighted by atomic mass is 9.88. The van der Waals surface area contributed by atoms with Gasteiger partial charge in [0.15, 0.2) is 0 Å². The standard InChI is InChI=1S/C22H31N3O2/c1-14(2)22-23-9-8-17(25-22)10-18-19(13-26)21(27)11-20(18)24-12-16-7-5-4-6-15(16)3/h4-9,14,18-21,24,26-27H,10-13H2,1-3H3/t18-,19-,20-,21-/m1/s1. The number of aromatic nitrogens is 2. The Kier molecular flexibility index (Phi) is 6.58. The molecule has 0 aliphatic heterocycles. The SMILES string of the molecule is Cc1ccccc1CN[C@@H]1C[C@@H](O)[C@H](CO)[C@H]1Cc1ccnc(C(C)C)n1. The van der Waals surface area contributed by atoms with Crippen LogP contribution in [0, 0.1) is 18.8 Å². The second-order valence-corrected chi connectivity index (χ2v) is 7.99. The summed E-state index contributed by atoms with van der Waals surface area (Å²) in [6.45, 7) is 7.04. The fourth-order valence-corrected chi connectivity index (χ4v) is 4.07. The van der Waals surface area contributed by atoms with Crippen LogP contribution < -0.4 is 5.32 Å². The van der Waals surface area contributed by atoms with Crippen LogP contribution in [0.3, 0.4) is 0 Å². The molecule has 1 aliphatic carbocycles. The van der Waals surface area contributed by atoms with Crippen LogP contribution in [-0.2, 0) is 13.0 Å². The second kappa shape index (κ2) is 8.91. The van der Waals surface area contributed by atoms with E-state index in [0.29, 0.717) is 6.42 Å². The molecule has 1 aliphatic rings. The van der Waals surface area contributed by atoms with Crippen molar-refractivity contribution in [1.82, 2.24) is 15.3 Å². The molecular formula is C22H31N3O2. The number of hydrogen-bond acceptors (Lipinski definition) is 5. The van der Waals surface area contributed by atoms with Gasteiger partial charge in [-0.25, -0.2) is 9.97 Å². The van der Waals surface area contributed by atoms with E-state index in [-0.39, 0.29) is 30.4 Å². The van der Waals surface area contributed by atoms with Crippen molar-refractivity contribution in [3.8, 4) is 0 Å². The Hall–Kier alpha value is -1.82. The zero-order chi connectivity index (χ0) is 19.4. The molecule has 5 heteroatoms. The highest BCUT2D eigenvalue weighted by molar-refractivity contribution is 5.25. The van der Waals surface area contributed by atoms with Crippen molar-refractivity contribution < 1.29 is 10.2 Å². The number of nitrogens with one attached hydrogen (secondary N) is 1. The summed E-state index contributed by atoms with van der Waals surface area (Å²) in [5, 5.41) is 24.0. The van der Waals surface area contributed by atoms with E-state index < -0.39 is 6.10 Å². The van der Waals surface area contributed by atoms with E-state index in [1.165, 1.54) is 11.1 Å². The topological polar surface area (TPSA) is 78.3 Å². The molecule has 1 saturated carbocycles. The van der Waals surface area contributed by atoms with Crippen molar-refractivity contribution in [2.24, 2.45) is 11.8 Å². The number of aryl methyl sites for hydroxylation is 1. The predicted molar refractivity (Wildman–Crippen MR) is 106 cm³/mol. The van der Waals surface area contributed by atoms with E-state index in [2.05, 4.69) is 49.3 Å². The molecule has 1 aromatic heterocycles. The smallest absolute Gasteiger partial charge is 0.131 e. The van der Waals surface area contributed by atoms with E-state index in [0.717, 1.165) is 24.5 Å². The summed E-state index contributed by atoms with van der Waals surface area (Å²) >= 11 is 0. The Morgan fingerprint density at radius 1 is 1.19 bits per heavy atom. The van der Waals surface area contributed by atoms with Gasteiger partial charge in [-0.3, -0.25) is 0 Å². The molecule has 0 unspecified atom stereocenters. The van der Waals surface area contributed by atoms with Gasteiger partial charge in [0.2, 0.25) is 0 Å². The largest absolute Gasteiger partial charge is 0.396 e. The lowest BCUT2D eigenvalue weighted by Crippen LogP contribution is -2.36. The molecule has 1 fully saturated rings. The summed E-state index contributed by atoms with van der Waals surface area (Å²) in [6.07, 6.45) is 2.72. The lowest BCUT2D eigenvalue weighted by Gasteiger charge is -2.25. The molecule has 4 atom stereocenters. The van der Waals surface area contributed by atoms with Crippen LogP contribution in [0.1, 0.15) is 48.8 Å². The van der Waals surface area contributed by atoms with Crippen molar-refractivity contribution in [3.63, 3.8) is 0 Å². The molecule has 146 valence electrons. The average Bonchev–Trinajstić information content (AvgIpc) is 2.95. The van der Waals surface area contributed by atoms with Crippen LogP contribution >= 0.6 is 0 Å². The predicted octanol–water partition coefficient (Wildman–Crippen LogP) is 2.60. The molecule has 2 aromatic rings. The molecule has 27 heavy (non-hydrogen) atoms. The van der Waals surface area contributed by atoms with Gasteiger partial charge in [-0.2, -0.15) is 0 Å². The van der Waals surface area contributed by atoms with Gasteiger partial charge in [0.05, 0.1) is 6.10 Å². The molecule has 0 radical (unpaired) electrons. The maximum Gasteiger partial charge on any atom is 0.131 e. The van der Waals surface area contributed by atoms with Crippen LogP contribution in [0.4, 0.5) is 0 Å². The monoisotopic (exact) mass is 369 g/mol. The first kappa shape index (κ1) is 19.9. The van der Waals surface area contributed by atoms with E-state index in [4.69, 9.17) is 4.98 Å². The highest BCUT2D eigenvalue weighted by Gasteiger charge is 2.42. The Morgan fingerprint density at radius 2 is 1.96 bits per heavy atom. The summed E-state index contributed by atoms with van der Waals surface area (Å²) in [7, 11) is 0. The zero-order valence-corrected chi connectivity index (χ0v) is 16.5. The van der Waals surface area contributed by atoms with Crippen molar-refractivity contribution in [1.29, 1.82) is 0 Å². The fourth-order valence-electron chi connectivity index (χ4n) is 4.07. The van der Waals surface area contributed by atoms with Gasteiger partial charge in [0, 0.05) is 42.9 Å². The molecule has 3 rings (SSSR count). The molecule has 0 spiro atoms. The van der Waals surface area contributed by atoms with Crippen LogP contribution in [0.25, 0.3) is 0 Å². The summed E-state index contributed by atoms with van der Waals surface area (Å²) in [4.78, 5) is 9.04. The van der Waals surface area contributed by atoms with Gasteiger partial charge in [-0.05, 0) is 42.9 Å². The van der Waals surface area contributed by atoms with Gasteiger partial charge >= 0.3 is 0 Å². The Bertz CT molecular complexity index is 750. The van der Waals surface area contributed by atoms with Crippen LogP contribution in [0.2, 0.25) is 0 Å². The maximum atomic E-state index is 10.5. The minimum absolute atomic E-state index is 0.00347. The molecule has 0 bridgehead atoms. The molecule has 0 saturated heterocycles. The third-order valence-electron chi connectivity index (χ3n) is 5.78. The third kappa shape index (κ3) is 4.72. The van der Waals surface area contributed by atoms with Gasteiger partial charge in [-0.15, -0.1) is 0 Å². The number of rotatable bonds is 7. The van der Waals surface area contributed by atoms with Crippen molar-refractivity contribution >= 4 is 0 Å². The van der Waals surface area contributed by atoms with Crippen LogP contribution in [-0.4, -0.2) is 38.9 Å². The summed E-state index contributed by atoms with van der Waals surface area (Å²) in [6, 6.07) is 10.4. The average molecular weight is 370 g/mol. The summed E-state index contributed by atoms with van der Waals surface area (Å²) in [5.41, 5.74) is 3.51. The first-order valence-corrected chi connectivity index (χ1v) is 9.88. The summed E-state index contributed by atoms with van der Waals surface area (Å²) in [5.74, 6) is 1.14. The maximum absolute atomic E-state index is 10.5. The fraction of sp³-hybridized carbons (Fsp3) is 0.545. The highest BCUT2D eigenvalue weighted by Crippen LogP contribution is 2.35. The highest BCUT2D eigenvalue weighted by atomic mass is 16.3. The molecule has 5 nitrogen and oxygen atoms in total. The minimum Gasteiger partial charge on any atom is -0.396 e. The second-order valence-electron chi connectivity index (χ2n) is 7.99. The molecule has 0 amide bonds. The zero-order valence-electron chi connectivity index (χ0n) is 16.5. The van der Waals surface area contributed by atoms with Crippen LogP contribution in [0.5, 0.6) is 0 Å². The number of aliphatic hydroxyl groups is 2. The van der Waals surface area contributed by atoms with Crippen molar-refractivity contribution in [2.75, 3.05) is 6.61 Å². The number of hydrogen-bond donors (Lipinski definition) is 3. The number of benzene rings is 1. The van der Waals surface area contributed by atoms with Crippen molar-refractivity contribution in [2.45, 2.75) is 58.2 Å². The van der Waals surface area contributed by atoms with Gasteiger partial charge in [0.1, 0.15) is 5.82 Å². The number of nitrogens with zero attached hydrogens (tertiary/aromatic N) is 2. The summed E-state index contributed by atoms with van der Waals surface area (Å²) < 4.78 is 0. The normalized spacial score (nSPS) is 25.3. The first-order valence-electron chi connectivity index (χ1n) is 9.88. The lowest BCUT2D eigenvalue weighted by molar-refractivity contribution is 0.0716. The van der Waals surface area contributed by atoms with Crippen molar-refractivity contribution in [3.05, 3.63) is 59.2 Å². The third-order valence-corrected chi connectivity index (χ3v) is 5.78.